The van der Waals surface area contributed by atoms with Crippen LogP contribution in [0.5, 0.6) is 0 Å². The van der Waals surface area contributed by atoms with Crippen molar-refractivity contribution in [2.45, 2.75) is 71.8 Å². The first-order valence-corrected chi connectivity index (χ1v) is 9.88. The van der Waals surface area contributed by atoms with Gasteiger partial charge in [-0.05, 0) is 65.0 Å². The van der Waals surface area contributed by atoms with Crippen molar-refractivity contribution < 1.29 is 8.85 Å². The van der Waals surface area contributed by atoms with Gasteiger partial charge in [0.25, 0.3) is 0 Å². The number of fused-ring (bicyclic) bond motifs is 1. The van der Waals surface area contributed by atoms with Crippen molar-refractivity contribution in [3.8, 4) is 0 Å². The fourth-order valence-corrected chi connectivity index (χ4v) is 3.97. The lowest BCUT2D eigenvalue weighted by molar-refractivity contribution is 0.0612. The molecule has 0 bridgehead atoms. The molecule has 1 aliphatic carbocycles. The number of piperidine rings is 1. The van der Waals surface area contributed by atoms with Crippen LogP contribution in [0.25, 0.3) is 0 Å². The fourth-order valence-electron chi connectivity index (χ4n) is 3.52. The molecule has 1 saturated carbocycles. The monoisotopic (exact) mass is 301 g/mol. The van der Waals surface area contributed by atoms with E-state index in [4.69, 9.17) is 8.85 Å². The zero-order valence-electron chi connectivity index (χ0n) is 13.9. The Balaban J connectivity index is 0.000000246. The fraction of sp³-hybridized carbons (Fsp3) is 1.00. The molecule has 1 heterocycles. The normalized spacial score (nSPS) is 26.6. The van der Waals surface area contributed by atoms with Gasteiger partial charge >= 0.3 is 10.0 Å². The van der Waals surface area contributed by atoms with Crippen molar-refractivity contribution in [2.24, 2.45) is 5.92 Å². The Morgan fingerprint density at radius 2 is 1.60 bits per heavy atom. The lowest BCUT2D eigenvalue weighted by Gasteiger charge is -2.44. The summed E-state index contributed by atoms with van der Waals surface area (Å²) in [6, 6.07) is 0.974. The van der Waals surface area contributed by atoms with Gasteiger partial charge in [0.2, 0.25) is 0 Å². The Hall–Kier alpha value is 0.0969. The van der Waals surface area contributed by atoms with E-state index in [0.717, 1.165) is 25.2 Å². The summed E-state index contributed by atoms with van der Waals surface area (Å²) in [6.45, 7) is 10.6. The Labute approximate surface area is 128 Å². The summed E-state index contributed by atoms with van der Waals surface area (Å²) >= 11 is 0. The molecule has 0 radical (unpaired) electrons. The third kappa shape index (κ3) is 6.70. The highest BCUT2D eigenvalue weighted by Gasteiger charge is 2.32. The maximum Gasteiger partial charge on any atom is 0.304 e. The highest BCUT2D eigenvalue weighted by molar-refractivity contribution is 6.17. The first-order valence-electron chi connectivity index (χ1n) is 8.72. The van der Waals surface area contributed by atoms with Gasteiger partial charge in [0.05, 0.1) is 0 Å². The van der Waals surface area contributed by atoms with Crippen molar-refractivity contribution in [3.05, 3.63) is 0 Å². The van der Waals surface area contributed by atoms with Gasteiger partial charge in [0.15, 0.2) is 0 Å². The van der Waals surface area contributed by atoms with E-state index in [9.17, 15) is 0 Å². The summed E-state index contributed by atoms with van der Waals surface area (Å²) in [4.78, 5) is 2.77. The molecule has 2 atom stereocenters. The topological polar surface area (TPSA) is 21.7 Å². The molecule has 3 nitrogen and oxygen atoms in total. The molecule has 1 aliphatic heterocycles. The molecular formula is C16H35NO2Si. The zero-order valence-corrected chi connectivity index (χ0v) is 15.3. The molecule has 0 N–H and O–H groups in total. The maximum atomic E-state index is 4.99. The zero-order chi connectivity index (χ0) is 14.6. The highest BCUT2D eigenvalue weighted by atomic mass is 28.3. The second-order valence-electron chi connectivity index (χ2n) is 5.89. The smallest absolute Gasteiger partial charge is 0.304 e. The van der Waals surface area contributed by atoms with Gasteiger partial charge in [-0.25, -0.2) is 0 Å². The van der Waals surface area contributed by atoms with Crippen LogP contribution in [0.4, 0.5) is 0 Å². The molecule has 2 aliphatic rings. The minimum atomic E-state index is -0.589. The Bertz CT molecular complexity index is 221. The van der Waals surface area contributed by atoms with Crippen LogP contribution in [0.2, 0.25) is 0 Å². The molecule has 2 fully saturated rings. The van der Waals surface area contributed by atoms with E-state index in [1.165, 1.54) is 58.0 Å². The van der Waals surface area contributed by atoms with Gasteiger partial charge in [0, 0.05) is 19.3 Å². The first kappa shape index (κ1) is 18.1. The van der Waals surface area contributed by atoms with E-state index in [1.54, 1.807) is 0 Å². The molecule has 2 rings (SSSR count). The predicted octanol–water partition coefficient (Wildman–Crippen LogP) is 3.11. The van der Waals surface area contributed by atoms with Gasteiger partial charge in [-0.2, -0.15) is 0 Å². The molecule has 0 aromatic rings. The summed E-state index contributed by atoms with van der Waals surface area (Å²) < 4.78 is 9.98. The third-order valence-corrected chi connectivity index (χ3v) is 5.59. The molecule has 0 amide bonds. The molecular weight excluding hydrogens is 266 g/mol. The van der Waals surface area contributed by atoms with Crippen LogP contribution in [0, 0.1) is 5.92 Å². The Morgan fingerprint density at radius 3 is 2.25 bits per heavy atom. The first-order chi connectivity index (χ1) is 9.83. The van der Waals surface area contributed by atoms with Crippen LogP contribution in [-0.4, -0.2) is 47.3 Å². The van der Waals surface area contributed by atoms with Crippen LogP contribution in [0.1, 0.15) is 65.7 Å². The second kappa shape index (κ2) is 11.7. The van der Waals surface area contributed by atoms with E-state index in [-0.39, 0.29) is 0 Å². The molecule has 120 valence electrons. The van der Waals surface area contributed by atoms with E-state index in [1.807, 2.05) is 13.8 Å². The van der Waals surface area contributed by atoms with Gasteiger partial charge in [-0.3, -0.25) is 0 Å². The Morgan fingerprint density at radius 1 is 0.950 bits per heavy atom. The number of likely N-dealkylation sites (tertiary alicyclic amines) is 1. The van der Waals surface area contributed by atoms with Crippen molar-refractivity contribution in [1.82, 2.24) is 4.90 Å². The summed E-state index contributed by atoms with van der Waals surface area (Å²) in [5.41, 5.74) is 0. The molecule has 4 heteroatoms. The molecule has 0 aromatic heterocycles. The van der Waals surface area contributed by atoms with Crippen LogP contribution in [0.15, 0.2) is 0 Å². The summed E-state index contributed by atoms with van der Waals surface area (Å²) in [5.74, 6) is 1.06. The van der Waals surface area contributed by atoms with Crippen LogP contribution >= 0.6 is 0 Å². The van der Waals surface area contributed by atoms with Gasteiger partial charge in [-0.15, -0.1) is 0 Å². The van der Waals surface area contributed by atoms with Crippen molar-refractivity contribution in [1.29, 1.82) is 0 Å². The minimum Gasteiger partial charge on any atom is -0.399 e. The second-order valence-corrected chi connectivity index (χ2v) is 6.95. The predicted molar refractivity (Wildman–Crippen MR) is 88.6 cm³/mol. The summed E-state index contributed by atoms with van der Waals surface area (Å²) in [5, 5.41) is 0. The van der Waals surface area contributed by atoms with Crippen LogP contribution in [0.3, 0.4) is 0 Å². The lowest BCUT2D eigenvalue weighted by atomic mass is 9.78. The van der Waals surface area contributed by atoms with Gasteiger partial charge < -0.3 is 13.8 Å². The molecule has 1 saturated heterocycles. The molecule has 0 aromatic carbocycles. The SMILES string of the molecule is CCCN1CCCC2CCCCC21.CCO[SiH2]OCC. The van der Waals surface area contributed by atoms with E-state index in [2.05, 4.69) is 11.8 Å². The number of hydrogen-bond acceptors (Lipinski definition) is 3. The van der Waals surface area contributed by atoms with Crippen LogP contribution in [-0.2, 0) is 8.85 Å². The maximum absolute atomic E-state index is 4.99. The van der Waals surface area contributed by atoms with Crippen LogP contribution < -0.4 is 0 Å². The number of nitrogens with zero attached hydrogens (tertiary/aromatic N) is 1. The van der Waals surface area contributed by atoms with E-state index >= 15 is 0 Å². The summed E-state index contributed by atoms with van der Waals surface area (Å²) in [7, 11) is -0.589. The third-order valence-electron chi connectivity index (χ3n) is 4.44. The van der Waals surface area contributed by atoms with E-state index in [0.29, 0.717) is 0 Å². The largest absolute Gasteiger partial charge is 0.399 e. The quantitative estimate of drug-likeness (QED) is 0.556. The van der Waals surface area contributed by atoms with E-state index < -0.39 is 10.0 Å². The molecule has 20 heavy (non-hydrogen) atoms. The van der Waals surface area contributed by atoms with Gasteiger partial charge in [0.1, 0.15) is 0 Å². The number of rotatable bonds is 6. The standard InChI is InChI=1S/C12H23N.C4H12O2Si/c1-2-9-13-10-5-7-11-6-3-4-8-12(11)13;1-3-5-7-6-4-2/h11-12H,2-10H2,1H3;3-4,7H2,1-2H3. The van der Waals surface area contributed by atoms with Crippen molar-refractivity contribution in [3.63, 3.8) is 0 Å². The highest BCUT2D eigenvalue weighted by Crippen LogP contribution is 2.35. The van der Waals surface area contributed by atoms with Crippen molar-refractivity contribution >= 4 is 10.0 Å². The minimum absolute atomic E-state index is 0.589. The number of hydrogen-bond donors (Lipinski definition) is 0. The molecule has 2 unspecified atom stereocenters. The summed E-state index contributed by atoms with van der Waals surface area (Å²) in [6.07, 6.45) is 10.3. The molecule has 0 spiro atoms. The average Bonchev–Trinajstić information content (AvgIpc) is 2.49. The average molecular weight is 302 g/mol. The van der Waals surface area contributed by atoms with Crippen molar-refractivity contribution in [2.75, 3.05) is 26.3 Å². The van der Waals surface area contributed by atoms with Gasteiger partial charge in [-0.1, -0.05) is 19.8 Å². The lowest BCUT2D eigenvalue weighted by Crippen LogP contribution is -2.46. The Kier molecular flexibility index (Phi) is 10.6.